The summed E-state index contributed by atoms with van der Waals surface area (Å²) in [4.78, 5) is 32.1. The van der Waals surface area contributed by atoms with E-state index in [2.05, 4.69) is 11.4 Å². The fraction of sp³-hybridized carbons (Fsp3) is 0.379. The van der Waals surface area contributed by atoms with Crippen molar-refractivity contribution in [2.24, 2.45) is 0 Å². The molecule has 2 aromatic carbocycles. The van der Waals surface area contributed by atoms with Crippen LogP contribution in [0.4, 0.5) is 0 Å². The van der Waals surface area contributed by atoms with Gasteiger partial charge in [-0.15, -0.1) is 11.3 Å². The molecule has 4 rings (SSSR count). The van der Waals surface area contributed by atoms with E-state index in [1.165, 1.54) is 4.88 Å². The first-order valence-electron chi connectivity index (χ1n) is 12.4. The van der Waals surface area contributed by atoms with Gasteiger partial charge in [-0.3, -0.25) is 9.59 Å². The Morgan fingerprint density at radius 1 is 1.17 bits per heavy atom. The molecular weight excluding hydrogens is 472 g/mol. The van der Waals surface area contributed by atoms with Crippen molar-refractivity contribution in [3.8, 4) is 11.5 Å². The summed E-state index contributed by atoms with van der Waals surface area (Å²) in [6, 6.07) is 16.8. The molecule has 0 spiro atoms. The first-order chi connectivity index (χ1) is 17.4. The van der Waals surface area contributed by atoms with Crippen molar-refractivity contribution in [3.63, 3.8) is 0 Å². The third-order valence-electron chi connectivity index (χ3n) is 6.91. The molecule has 3 aromatic rings. The van der Waals surface area contributed by atoms with Crippen molar-refractivity contribution in [3.05, 3.63) is 81.5 Å². The summed E-state index contributed by atoms with van der Waals surface area (Å²) >= 11 is 1.73. The van der Waals surface area contributed by atoms with Gasteiger partial charge in [0.2, 0.25) is 5.91 Å². The average molecular weight is 507 g/mol. The van der Waals surface area contributed by atoms with E-state index in [-0.39, 0.29) is 30.4 Å². The van der Waals surface area contributed by atoms with Crippen LogP contribution in [0.1, 0.15) is 52.7 Å². The summed E-state index contributed by atoms with van der Waals surface area (Å²) in [5.74, 6) is 1.20. The predicted octanol–water partition coefficient (Wildman–Crippen LogP) is 5.51. The third kappa shape index (κ3) is 5.57. The minimum atomic E-state index is -0.196. The summed E-state index contributed by atoms with van der Waals surface area (Å²) in [5, 5.41) is 2.08. The Kier molecular flexibility index (Phi) is 8.31. The number of amides is 2. The van der Waals surface area contributed by atoms with E-state index in [0.717, 1.165) is 29.7 Å². The number of rotatable bonds is 9. The molecule has 0 fully saturated rings. The maximum absolute atomic E-state index is 13.8. The Balaban J connectivity index is 1.56. The number of carbonyl (C=O) groups excluding carboxylic acids is 2. The topological polar surface area (TPSA) is 59.1 Å². The number of para-hydroxylation sites is 1. The van der Waals surface area contributed by atoms with Gasteiger partial charge in [0.25, 0.3) is 5.91 Å². The molecule has 7 heteroatoms. The van der Waals surface area contributed by atoms with Crippen molar-refractivity contribution >= 4 is 23.2 Å². The van der Waals surface area contributed by atoms with E-state index in [0.29, 0.717) is 24.5 Å². The number of thiophene rings is 1. The van der Waals surface area contributed by atoms with E-state index in [1.807, 2.05) is 49.9 Å². The van der Waals surface area contributed by atoms with Gasteiger partial charge in [-0.05, 0) is 73.5 Å². The van der Waals surface area contributed by atoms with Crippen molar-refractivity contribution in [2.75, 3.05) is 26.8 Å². The SMILES string of the molecule is CCC(C)N(CC(=O)N1CCc2sccc2C1COc1ccccc1C)C(=O)c1cccc(OC)c1. The summed E-state index contributed by atoms with van der Waals surface area (Å²) in [6.07, 6.45) is 1.56. The Labute approximate surface area is 217 Å². The lowest BCUT2D eigenvalue weighted by molar-refractivity contribution is -0.136. The van der Waals surface area contributed by atoms with Crippen LogP contribution in [-0.4, -0.2) is 54.5 Å². The van der Waals surface area contributed by atoms with Gasteiger partial charge in [-0.2, -0.15) is 0 Å². The third-order valence-corrected chi connectivity index (χ3v) is 7.91. The maximum Gasteiger partial charge on any atom is 0.254 e. The number of nitrogens with zero attached hydrogens (tertiary/aromatic N) is 2. The van der Waals surface area contributed by atoms with Crippen LogP contribution >= 0.6 is 11.3 Å². The Morgan fingerprint density at radius 3 is 2.72 bits per heavy atom. The van der Waals surface area contributed by atoms with Gasteiger partial charge in [0.05, 0.1) is 13.2 Å². The summed E-state index contributed by atoms with van der Waals surface area (Å²) in [6.45, 7) is 7.02. The molecule has 2 atom stereocenters. The quantitative estimate of drug-likeness (QED) is 0.384. The Morgan fingerprint density at radius 2 is 1.97 bits per heavy atom. The molecule has 190 valence electrons. The van der Waals surface area contributed by atoms with Crippen LogP contribution in [0.2, 0.25) is 0 Å². The number of carbonyl (C=O) groups is 2. The molecule has 0 N–H and O–H groups in total. The second-order valence-electron chi connectivity index (χ2n) is 9.15. The van der Waals surface area contributed by atoms with Crippen molar-refractivity contribution < 1.29 is 19.1 Å². The van der Waals surface area contributed by atoms with Crippen molar-refractivity contribution in [2.45, 2.75) is 45.7 Å². The van der Waals surface area contributed by atoms with Gasteiger partial charge >= 0.3 is 0 Å². The molecule has 0 saturated carbocycles. The van der Waals surface area contributed by atoms with Crippen LogP contribution in [0.15, 0.2) is 60.0 Å². The molecule has 36 heavy (non-hydrogen) atoms. The first kappa shape index (κ1) is 25.8. The van der Waals surface area contributed by atoms with Gasteiger partial charge in [0, 0.05) is 23.0 Å². The number of hydrogen-bond acceptors (Lipinski definition) is 5. The van der Waals surface area contributed by atoms with Gasteiger partial charge in [0.15, 0.2) is 0 Å². The van der Waals surface area contributed by atoms with Gasteiger partial charge in [-0.1, -0.05) is 31.2 Å². The Bertz CT molecular complexity index is 1210. The van der Waals surface area contributed by atoms with Crippen molar-refractivity contribution in [1.82, 2.24) is 9.80 Å². The maximum atomic E-state index is 13.8. The van der Waals surface area contributed by atoms with Crippen LogP contribution < -0.4 is 9.47 Å². The molecule has 0 saturated heterocycles. The van der Waals surface area contributed by atoms with Crippen LogP contribution in [0, 0.1) is 6.92 Å². The van der Waals surface area contributed by atoms with E-state index >= 15 is 0 Å². The summed E-state index contributed by atoms with van der Waals surface area (Å²) in [5.41, 5.74) is 2.71. The largest absolute Gasteiger partial charge is 0.497 e. The highest BCUT2D eigenvalue weighted by atomic mass is 32.1. The molecule has 0 radical (unpaired) electrons. The van der Waals surface area contributed by atoms with Crippen LogP contribution in [0.3, 0.4) is 0 Å². The van der Waals surface area contributed by atoms with Crippen molar-refractivity contribution in [1.29, 1.82) is 0 Å². The van der Waals surface area contributed by atoms with E-state index in [9.17, 15) is 9.59 Å². The molecular formula is C29H34N2O4S. The second-order valence-corrected chi connectivity index (χ2v) is 10.2. The normalized spacial score (nSPS) is 15.7. The van der Waals surface area contributed by atoms with E-state index in [4.69, 9.17) is 9.47 Å². The lowest BCUT2D eigenvalue weighted by atomic mass is 10.00. The molecule has 2 heterocycles. The lowest BCUT2D eigenvalue weighted by Crippen LogP contribution is -2.49. The molecule has 0 aliphatic carbocycles. The molecule has 2 amide bonds. The van der Waals surface area contributed by atoms with Gasteiger partial charge in [-0.25, -0.2) is 0 Å². The zero-order chi connectivity index (χ0) is 25.7. The highest BCUT2D eigenvalue weighted by Crippen LogP contribution is 2.34. The summed E-state index contributed by atoms with van der Waals surface area (Å²) < 4.78 is 11.5. The average Bonchev–Trinajstić information content (AvgIpc) is 3.39. The number of fused-ring (bicyclic) bond motifs is 1. The molecule has 1 aliphatic heterocycles. The lowest BCUT2D eigenvalue weighted by Gasteiger charge is -2.38. The first-order valence-corrected chi connectivity index (χ1v) is 13.3. The zero-order valence-corrected chi connectivity index (χ0v) is 22.2. The van der Waals surface area contributed by atoms with Crippen LogP contribution in [0.25, 0.3) is 0 Å². The summed E-state index contributed by atoms with van der Waals surface area (Å²) in [7, 11) is 1.58. The van der Waals surface area contributed by atoms with Crippen LogP contribution in [0.5, 0.6) is 11.5 Å². The minimum Gasteiger partial charge on any atom is -0.497 e. The smallest absolute Gasteiger partial charge is 0.254 e. The van der Waals surface area contributed by atoms with E-state index < -0.39 is 0 Å². The van der Waals surface area contributed by atoms with Gasteiger partial charge in [0.1, 0.15) is 24.7 Å². The fourth-order valence-electron chi connectivity index (χ4n) is 4.57. The monoisotopic (exact) mass is 506 g/mol. The standard InChI is InChI=1S/C29H34N2O4S/c1-5-21(3)31(29(33)22-10-8-11-23(17-22)34-4)18-28(32)30-15-13-27-24(14-16-36-27)25(30)19-35-26-12-7-6-9-20(26)2/h6-12,14,16-17,21,25H,5,13,15,18-19H2,1-4H3. The molecule has 6 nitrogen and oxygen atoms in total. The number of methoxy groups -OCH3 is 1. The highest BCUT2D eigenvalue weighted by Gasteiger charge is 2.34. The zero-order valence-electron chi connectivity index (χ0n) is 21.4. The number of aryl methyl sites for hydroxylation is 1. The predicted molar refractivity (Wildman–Crippen MR) is 143 cm³/mol. The number of benzene rings is 2. The van der Waals surface area contributed by atoms with E-state index in [1.54, 1.807) is 47.6 Å². The highest BCUT2D eigenvalue weighted by molar-refractivity contribution is 7.10. The molecule has 0 bridgehead atoms. The molecule has 1 aliphatic rings. The number of hydrogen-bond donors (Lipinski definition) is 0. The molecule has 1 aromatic heterocycles. The minimum absolute atomic E-state index is 0.0192. The fourth-order valence-corrected chi connectivity index (χ4v) is 5.50. The second kappa shape index (κ2) is 11.6. The molecule has 2 unspecified atom stereocenters. The van der Waals surface area contributed by atoms with Crippen LogP contribution in [-0.2, 0) is 11.2 Å². The van der Waals surface area contributed by atoms with Gasteiger partial charge < -0.3 is 19.3 Å². The number of ether oxygens (including phenoxy) is 2. The Hall–Kier alpha value is -3.32.